The number of rotatable bonds is 6. The van der Waals surface area contributed by atoms with Crippen molar-refractivity contribution in [1.29, 1.82) is 0 Å². The zero-order valence-corrected chi connectivity index (χ0v) is 18.6. The van der Waals surface area contributed by atoms with E-state index in [0.717, 1.165) is 11.1 Å². The molecule has 0 saturated heterocycles. The lowest BCUT2D eigenvalue weighted by Crippen LogP contribution is -2.29. The van der Waals surface area contributed by atoms with E-state index in [1.807, 2.05) is 37.3 Å². The monoisotopic (exact) mass is 442 g/mol. The van der Waals surface area contributed by atoms with E-state index >= 15 is 0 Å². The summed E-state index contributed by atoms with van der Waals surface area (Å²) in [5.74, 6) is -0.287. The van der Waals surface area contributed by atoms with Gasteiger partial charge in [-0.05, 0) is 48.4 Å². The maximum Gasteiger partial charge on any atom is 0.264 e. The average Bonchev–Trinajstić information content (AvgIpc) is 2.74. The van der Waals surface area contributed by atoms with Gasteiger partial charge in [-0.3, -0.25) is 9.10 Å². The standard InChI is InChI=1S/C23H23ClN2O3S/c1-17-9-4-7-14-22(17)26(3)30(28,29)20-12-8-11-18(15-20)23(27)25(2)16-19-10-5-6-13-21(19)24/h4-15H,16H2,1-3H3. The number of sulfonamides is 1. The van der Waals surface area contributed by atoms with Crippen molar-refractivity contribution in [3.8, 4) is 0 Å². The molecule has 30 heavy (non-hydrogen) atoms. The highest BCUT2D eigenvalue weighted by molar-refractivity contribution is 7.92. The maximum absolute atomic E-state index is 13.1. The number of amides is 1. The first kappa shape index (κ1) is 21.9. The second-order valence-corrected chi connectivity index (χ2v) is 9.42. The topological polar surface area (TPSA) is 57.7 Å². The van der Waals surface area contributed by atoms with Crippen LogP contribution >= 0.6 is 11.6 Å². The number of carbonyl (C=O) groups excluding carboxylic acids is 1. The number of hydrogen-bond acceptors (Lipinski definition) is 3. The molecule has 0 spiro atoms. The van der Waals surface area contributed by atoms with E-state index in [2.05, 4.69) is 0 Å². The van der Waals surface area contributed by atoms with Crippen LogP contribution in [-0.4, -0.2) is 33.3 Å². The van der Waals surface area contributed by atoms with Crippen molar-refractivity contribution < 1.29 is 13.2 Å². The summed E-state index contributed by atoms with van der Waals surface area (Å²) in [5, 5.41) is 0.577. The van der Waals surface area contributed by atoms with Crippen LogP contribution in [0.3, 0.4) is 0 Å². The van der Waals surface area contributed by atoms with Crippen molar-refractivity contribution in [2.75, 3.05) is 18.4 Å². The Balaban J connectivity index is 1.87. The number of halogens is 1. The minimum atomic E-state index is -3.82. The van der Waals surface area contributed by atoms with Gasteiger partial charge < -0.3 is 4.90 Å². The Hall–Kier alpha value is -2.83. The van der Waals surface area contributed by atoms with Crippen LogP contribution in [-0.2, 0) is 16.6 Å². The van der Waals surface area contributed by atoms with Gasteiger partial charge in [0.05, 0.1) is 10.6 Å². The number of benzene rings is 3. The molecule has 0 aliphatic carbocycles. The van der Waals surface area contributed by atoms with Crippen LogP contribution < -0.4 is 4.31 Å². The highest BCUT2D eigenvalue weighted by atomic mass is 35.5. The van der Waals surface area contributed by atoms with E-state index in [-0.39, 0.29) is 10.8 Å². The molecule has 5 nitrogen and oxygen atoms in total. The van der Waals surface area contributed by atoms with Crippen LogP contribution in [0.5, 0.6) is 0 Å². The van der Waals surface area contributed by atoms with Gasteiger partial charge in [-0.25, -0.2) is 8.42 Å². The molecule has 7 heteroatoms. The van der Waals surface area contributed by atoms with Crippen LogP contribution in [0.2, 0.25) is 5.02 Å². The largest absolute Gasteiger partial charge is 0.337 e. The van der Waals surface area contributed by atoms with E-state index in [0.29, 0.717) is 22.8 Å². The Morgan fingerprint density at radius 1 is 0.933 bits per heavy atom. The maximum atomic E-state index is 13.1. The Morgan fingerprint density at radius 3 is 2.30 bits per heavy atom. The first-order valence-electron chi connectivity index (χ1n) is 9.35. The molecule has 156 valence electrons. The summed E-state index contributed by atoms with van der Waals surface area (Å²) in [6, 6.07) is 20.6. The normalized spacial score (nSPS) is 11.2. The van der Waals surface area contributed by atoms with Gasteiger partial charge in [-0.15, -0.1) is 0 Å². The quantitative estimate of drug-likeness (QED) is 0.553. The molecule has 0 saturated carbocycles. The summed E-state index contributed by atoms with van der Waals surface area (Å²) in [6.07, 6.45) is 0. The van der Waals surface area contributed by atoms with Gasteiger partial charge in [0, 0.05) is 31.2 Å². The number of hydrogen-bond donors (Lipinski definition) is 0. The van der Waals surface area contributed by atoms with Crippen molar-refractivity contribution in [3.63, 3.8) is 0 Å². The van der Waals surface area contributed by atoms with Crippen molar-refractivity contribution in [1.82, 2.24) is 4.90 Å². The molecule has 0 radical (unpaired) electrons. The smallest absolute Gasteiger partial charge is 0.264 e. The van der Waals surface area contributed by atoms with E-state index in [4.69, 9.17) is 11.6 Å². The SMILES string of the molecule is Cc1ccccc1N(C)S(=O)(=O)c1cccc(C(=O)N(C)Cc2ccccc2Cl)c1. The van der Waals surface area contributed by atoms with Gasteiger partial charge in [-0.1, -0.05) is 54.1 Å². The van der Waals surface area contributed by atoms with Crippen LogP contribution in [0.25, 0.3) is 0 Å². The summed E-state index contributed by atoms with van der Waals surface area (Å²) in [4.78, 5) is 14.5. The third-order valence-corrected chi connectivity index (χ3v) is 7.04. The average molecular weight is 443 g/mol. The minimum absolute atomic E-state index is 0.0604. The molecular weight excluding hydrogens is 420 g/mol. The molecule has 0 aliphatic rings. The first-order chi connectivity index (χ1) is 14.2. The summed E-state index contributed by atoms with van der Waals surface area (Å²) >= 11 is 6.19. The van der Waals surface area contributed by atoms with Crippen molar-refractivity contribution >= 4 is 33.2 Å². The molecule has 0 fully saturated rings. The molecule has 1 amide bonds. The highest BCUT2D eigenvalue weighted by Crippen LogP contribution is 2.26. The van der Waals surface area contributed by atoms with Gasteiger partial charge >= 0.3 is 0 Å². The highest BCUT2D eigenvalue weighted by Gasteiger charge is 2.24. The molecule has 0 unspecified atom stereocenters. The van der Waals surface area contributed by atoms with E-state index < -0.39 is 10.0 Å². The number of para-hydroxylation sites is 1. The molecule has 3 rings (SSSR count). The fraction of sp³-hybridized carbons (Fsp3) is 0.174. The molecule has 3 aromatic carbocycles. The Morgan fingerprint density at radius 2 is 1.60 bits per heavy atom. The number of anilines is 1. The zero-order valence-electron chi connectivity index (χ0n) is 17.0. The van der Waals surface area contributed by atoms with Gasteiger partial charge in [-0.2, -0.15) is 0 Å². The Bertz CT molecular complexity index is 1180. The summed E-state index contributed by atoms with van der Waals surface area (Å²) in [6.45, 7) is 2.17. The van der Waals surface area contributed by atoms with Crippen molar-refractivity contribution in [3.05, 3.63) is 94.5 Å². The van der Waals surface area contributed by atoms with Gasteiger partial charge in [0.25, 0.3) is 15.9 Å². The fourth-order valence-electron chi connectivity index (χ4n) is 3.17. The Labute approximate surface area is 182 Å². The molecule has 0 aromatic heterocycles. The fourth-order valence-corrected chi connectivity index (χ4v) is 4.67. The summed E-state index contributed by atoms with van der Waals surface area (Å²) in [7, 11) is -0.652. The van der Waals surface area contributed by atoms with Crippen LogP contribution in [0.4, 0.5) is 5.69 Å². The lowest BCUT2D eigenvalue weighted by molar-refractivity contribution is 0.0785. The molecule has 0 atom stereocenters. The van der Waals surface area contributed by atoms with E-state index in [9.17, 15) is 13.2 Å². The zero-order chi connectivity index (χ0) is 21.9. The van der Waals surface area contributed by atoms with Crippen LogP contribution in [0.15, 0.2) is 77.7 Å². The van der Waals surface area contributed by atoms with E-state index in [1.165, 1.54) is 28.4 Å². The number of aryl methyl sites for hydroxylation is 1. The molecule has 0 bridgehead atoms. The number of nitrogens with zero attached hydrogens (tertiary/aromatic N) is 2. The first-order valence-corrected chi connectivity index (χ1v) is 11.2. The molecular formula is C23H23ClN2O3S. The Kier molecular flexibility index (Phi) is 6.48. The lowest BCUT2D eigenvalue weighted by atomic mass is 10.1. The predicted octanol–water partition coefficient (Wildman–Crippen LogP) is 4.75. The third kappa shape index (κ3) is 4.50. The second kappa shape index (κ2) is 8.90. The predicted molar refractivity (Wildman–Crippen MR) is 120 cm³/mol. The number of carbonyl (C=O) groups is 1. The third-order valence-electron chi connectivity index (χ3n) is 4.91. The van der Waals surface area contributed by atoms with Gasteiger partial charge in [0.2, 0.25) is 0 Å². The minimum Gasteiger partial charge on any atom is -0.337 e. The summed E-state index contributed by atoms with van der Waals surface area (Å²) < 4.78 is 27.5. The molecule has 3 aromatic rings. The van der Waals surface area contributed by atoms with Gasteiger partial charge in [0.1, 0.15) is 0 Å². The molecule has 0 N–H and O–H groups in total. The molecule has 0 aliphatic heterocycles. The van der Waals surface area contributed by atoms with Gasteiger partial charge in [0.15, 0.2) is 0 Å². The molecule has 0 heterocycles. The van der Waals surface area contributed by atoms with E-state index in [1.54, 1.807) is 37.4 Å². The van der Waals surface area contributed by atoms with Crippen LogP contribution in [0.1, 0.15) is 21.5 Å². The van der Waals surface area contributed by atoms with Crippen molar-refractivity contribution in [2.45, 2.75) is 18.4 Å². The van der Waals surface area contributed by atoms with Crippen molar-refractivity contribution in [2.24, 2.45) is 0 Å². The lowest BCUT2D eigenvalue weighted by Gasteiger charge is -2.22. The second-order valence-electron chi connectivity index (χ2n) is 7.04. The van der Waals surface area contributed by atoms with Crippen LogP contribution in [0, 0.1) is 6.92 Å². The summed E-state index contributed by atoms with van der Waals surface area (Å²) in [5.41, 5.74) is 2.54.